The van der Waals surface area contributed by atoms with Gasteiger partial charge in [-0.15, -0.1) is 0 Å². The number of allylic oxidation sites excluding steroid dienone is 4. The van der Waals surface area contributed by atoms with Gasteiger partial charge >= 0.3 is 0 Å². The molecule has 0 spiro atoms. The Labute approximate surface area is 135 Å². The Bertz CT molecular complexity index is 874. The number of rotatable bonds is 1. The van der Waals surface area contributed by atoms with Crippen LogP contribution in [0.15, 0.2) is 72.8 Å². The maximum absolute atomic E-state index is 12.9. The molecule has 2 aromatic rings. The van der Waals surface area contributed by atoms with Crippen LogP contribution in [-0.2, 0) is 0 Å². The molecule has 112 valence electrons. The quantitative estimate of drug-likeness (QED) is 0.785. The van der Waals surface area contributed by atoms with E-state index < -0.39 is 11.3 Å². The van der Waals surface area contributed by atoms with E-state index in [2.05, 4.69) is 0 Å². The second kappa shape index (κ2) is 4.88. The summed E-state index contributed by atoms with van der Waals surface area (Å²) in [6, 6.07) is 17.1. The molecule has 0 aromatic heterocycles. The predicted octanol–water partition coefficient (Wildman–Crippen LogP) is 4.34. The highest BCUT2D eigenvalue weighted by Gasteiger charge is 2.49. The van der Waals surface area contributed by atoms with Gasteiger partial charge in [-0.25, -0.2) is 0 Å². The fourth-order valence-corrected chi connectivity index (χ4v) is 3.52. The van der Waals surface area contributed by atoms with Gasteiger partial charge in [0.2, 0.25) is 0 Å². The first-order chi connectivity index (χ1) is 11.1. The summed E-state index contributed by atoms with van der Waals surface area (Å²) in [5.74, 6) is -0.386. The van der Waals surface area contributed by atoms with Crippen molar-refractivity contribution in [3.63, 3.8) is 0 Å². The number of hydrogen-bond acceptors (Lipinski definition) is 2. The molecule has 4 rings (SSSR count). The van der Waals surface area contributed by atoms with Crippen molar-refractivity contribution >= 4 is 17.1 Å². The highest BCUT2D eigenvalue weighted by molar-refractivity contribution is 6.19. The normalized spacial score (nSPS) is 25.6. The van der Waals surface area contributed by atoms with Crippen LogP contribution in [0.5, 0.6) is 0 Å². The smallest absolute Gasteiger partial charge is 0.174 e. The van der Waals surface area contributed by atoms with Crippen LogP contribution in [0.1, 0.15) is 33.2 Å². The number of benzene rings is 2. The second-order valence-corrected chi connectivity index (χ2v) is 6.32. The maximum Gasteiger partial charge on any atom is 0.174 e. The monoisotopic (exact) mass is 300 g/mol. The van der Waals surface area contributed by atoms with Gasteiger partial charge in [-0.1, -0.05) is 72.8 Å². The summed E-state index contributed by atoms with van der Waals surface area (Å²) >= 11 is 0. The van der Waals surface area contributed by atoms with Crippen LogP contribution in [0.2, 0.25) is 0 Å². The van der Waals surface area contributed by atoms with Gasteiger partial charge in [0.15, 0.2) is 11.6 Å². The molecule has 2 atom stereocenters. The van der Waals surface area contributed by atoms with Gasteiger partial charge in [0.25, 0.3) is 0 Å². The zero-order valence-corrected chi connectivity index (χ0v) is 12.8. The number of fused-ring (bicyclic) bond motifs is 2. The van der Waals surface area contributed by atoms with Crippen molar-refractivity contribution in [3.8, 4) is 0 Å². The van der Waals surface area contributed by atoms with Gasteiger partial charge in [0, 0.05) is 11.1 Å². The van der Waals surface area contributed by atoms with E-state index >= 15 is 0 Å². The minimum atomic E-state index is -0.788. The van der Waals surface area contributed by atoms with Crippen LogP contribution in [0.4, 0.5) is 0 Å². The average Bonchev–Trinajstić information content (AvgIpc) is 2.61. The number of Topliss-reactive ketones (excluding diaryl/α,β-unsaturated/α-hetero) is 2. The SMILES string of the molecule is CC12C=CC(c3ccccc3)=CC1C(=O)c1ccccc1C2=O. The van der Waals surface area contributed by atoms with Gasteiger partial charge in [-0.2, -0.15) is 0 Å². The molecule has 0 amide bonds. The third kappa shape index (κ3) is 1.95. The zero-order chi connectivity index (χ0) is 16.0. The molecule has 0 radical (unpaired) electrons. The van der Waals surface area contributed by atoms with Crippen LogP contribution in [0, 0.1) is 11.3 Å². The van der Waals surface area contributed by atoms with Crippen LogP contribution < -0.4 is 0 Å². The van der Waals surface area contributed by atoms with Crippen molar-refractivity contribution < 1.29 is 9.59 Å². The Morgan fingerprint density at radius 3 is 2.26 bits per heavy atom. The zero-order valence-electron chi connectivity index (χ0n) is 12.8. The summed E-state index contributed by atoms with van der Waals surface area (Å²) in [7, 11) is 0. The summed E-state index contributed by atoms with van der Waals surface area (Å²) in [5, 5.41) is 0. The molecule has 2 heteroatoms. The maximum atomic E-state index is 12.9. The van der Waals surface area contributed by atoms with Crippen molar-refractivity contribution in [2.24, 2.45) is 11.3 Å². The molecule has 2 aliphatic rings. The van der Waals surface area contributed by atoms with Crippen molar-refractivity contribution in [2.45, 2.75) is 6.92 Å². The Morgan fingerprint density at radius 2 is 1.52 bits per heavy atom. The van der Waals surface area contributed by atoms with Gasteiger partial charge in [0.1, 0.15) is 0 Å². The van der Waals surface area contributed by atoms with Crippen molar-refractivity contribution in [3.05, 3.63) is 89.5 Å². The molecule has 0 aliphatic heterocycles. The summed E-state index contributed by atoms with van der Waals surface area (Å²) in [4.78, 5) is 25.9. The topological polar surface area (TPSA) is 34.1 Å². The van der Waals surface area contributed by atoms with Gasteiger partial charge in [-0.3, -0.25) is 9.59 Å². The van der Waals surface area contributed by atoms with E-state index in [1.807, 2.05) is 67.6 Å². The fraction of sp³-hybridized carbons (Fsp3) is 0.143. The molecular formula is C21H16O2. The Balaban J connectivity index is 1.87. The number of ketones is 2. The summed E-state index contributed by atoms with van der Waals surface area (Å²) in [6.07, 6.45) is 5.81. The van der Waals surface area contributed by atoms with E-state index in [0.29, 0.717) is 11.1 Å². The summed E-state index contributed by atoms with van der Waals surface area (Å²) in [6.45, 7) is 1.86. The highest BCUT2D eigenvalue weighted by atomic mass is 16.1. The van der Waals surface area contributed by atoms with Crippen LogP contribution in [0.3, 0.4) is 0 Å². The van der Waals surface area contributed by atoms with E-state index in [9.17, 15) is 9.59 Å². The van der Waals surface area contributed by atoms with Crippen molar-refractivity contribution in [2.75, 3.05) is 0 Å². The molecule has 0 saturated carbocycles. The van der Waals surface area contributed by atoms with Gasteiger partial charge in [0.05, 0.1) is 11.3 Å². The molecule has 2 aromatic carbocycles. The molecule has 0 N–H and O–H groups in total. The third-order valence-corrected chi connectivity index (χ3v) is 4.92. The lowest BCUT2D eigenvalue weighted by atomic mass is 9.61. The van der Waals surface area contributed by atoms with Crippen LogP contribution >= 0.6 is 0 Å². The molecule has 0 saturated heterocycles. The minimum Gasteiger partial charge on any atom is -0.293 e. The predicted molar refractivity (Wildman–Crippen MR) is 90.3 cm³/mol. The molecule has 0 fully saturated rings. The van der Waals surface area contributed by atoms with E-state index in [0.717, 1.165) is 11.1 Å². The lowest BCUT2D eigenvalue weighted by Crippen LogP contribution is -2.44. The summed E-state index contributed by atoms with van der Waals surface area (Å²) in [5.41, 5.74) is 2.35. The third-order valence-electron chi connectivity index (χ3n) is 4.92. The van der Waals surface area contributed by atoms with Gasteiger partial charge in [-0.05, 0) is 18.1 Å². The van der Waals surface area contributed by atoms with E-state index in [1.165, 1.54) is 0 Å². The minimum absolute atomic E-state index is 0.0253. The van der Waals surface area contributed by atoms with E-state index in [1.54, 1.807) is 12.1 Å². The lowest BCUT2D eigenvalue weighted by Gasteiger charge is -2.38. The Hall–Kier alpha value is -2.74. The first-order valence-corrected chi connectivity index (χ1v) is 7.76. The van der Waals surface area contributed by atoms with Crippen molar-refractivity contribution in [1.29, 1.82) is 0 Å². The van der Waals surface area contributed by atoms with E-state index in [-0.39, 0.29) is 11.6 Å². The first kappa shape index (κ1) is 13.9. The Morgan fingerprint density at radius 1 is 0.870 bits per heavy atom. The van der Waals surface area contributed by atoms with Crippen molar-refractivity contribution in [1.82, 2.24) is 0 Å². The molecule has 2 unspecified atom stereocenters. The summed E-state index contributed by atoms with van der Waals surface area (Å²) < 4.78 is 0. The number of carbonyl (C=O) groups excluding carboxylic acids is 2. The second-order valence-electron chi connectivity index (χ2n) is 6.32. The lowest BCUT2D eigenvalue weighted by molar-refractivity contribution is 0.0703. The first-order valence-electron chi connectivity index (χ1n) is 7.76. The molecule has 23 heavy (non-hydrogen) atoms. The van der Waals surface area contributed by atoms with Gasteiger partial charge < -0.3 is 0 Å². The number of hydrogen-bond donors (Lipinski definition) is 0. The molecule has 2 aliphatic carbocycles. The fourth-order valence-electron chi connectivity index (χ4n) is 3.52. The highest BCUT2D eigenvalue weighted by Crippen LogP contribution is 2.45. The average molecular weight is 300 g/mol. The molecular weight excluding hydrogens is 284 g/mol. The molecule has 0 bridgehead atoms. The largest absolute Gasteiger partial charge is 0.293 e. The molecule has 2 nitrogen and oxygen atoms in total. The van der Waals surface area contributed by atoms with Crippen LogP contribution in [0.25, 0.3) is 5.57 Å². The Kier molecular flexibility index (Phi) is 2.95. The standard InChI is InChI=1S/C21H16O2/c1-21-12-11-15(14-7-3-2-4-8-14)13-18(21)19(22)16-9-5-6-10-17(16)20(21)23/h2-13,18H,1H3. The molecule has 0 heterocycles. The number of carbonyl (C=O) groups is 2. The van der Waals surface area contributed by atoms with E-state index in [4.69, 9.17) is 0 Å². The van der Waals surface area contributed by atoms with Crippen LogP contribution in [-0.4, -0.2) is 11.6 Å².